The summed E-state index contributed by atoms with van der Waals surface area (Å²) in [5.41, 5.74) is 8.46. The normalized spacial score (nSPS) is 12.6. The van der Waals surface area contributed by atoms with Crippen molar-refractivity contribution in [2.45, 2.75) is 46.1 Å². The van der Waals surface area contributed by atoms with Crippen LogP contribution in [-0.2, 0) is 6.54 Å². The van der Waals surface area contributed by atoms with Crippen LogP contribution in [0.15, 0.2) is 30.3 Å². The molecule has 1 heterocycles. The first-order chi connectivity index (χ1) is 9.19. The Balaban J connectivity index is 2.48. The maximum Gasteiger partial charge on any atom is 0.141 e. The van der Waals surface area contributed by atoms with Gasteiger partial charge in [0.25, 0.3) is 0 Å². The Bertz CT molecular complexity index is 528. The van der Waals surface area contributed by atoms with Crippen molar-refractivity contribution in [1.82, 2.24) is 9.55 Å². The van der Waals surface area contributed by atoms with E-state index in [-0.39, 0.29) is 0 Å². The highest BCUT2D eigenvalue weighted by molar-refractivity contribution is 5.60. The van der Waals surface area contributed by atoms with Crippen molar-refractivity contribution >= 4 is 5.82 Å². The van der Waals surface area contributed by atoms with Gasteiger partial charge in [0.05, 0.1) is 5.69 Å². The van der Waals surface area contributed by atoms with Crippen LogP contribution in [0.4, 0.5) is 5.82 Å². The molecule has 0 saturated carbocycles. The molecule has 0 saturated heterocycles. The first kappa shape index (κ1) is 13.7. The molecular weight excluding hydrogens is 234 g/mol. The molecule has 102 valence electrons. The lowest BCUT2D eigenvalue weighted by Gasteiger charge is -2.09. The van der Waals surface area contributed by atoms with Crippen LogP contribution in [0.2, 0.25) is 0 Å². The number of imidazole rings is 1. The molecule has 1 unspecified atom stereocenters. The van der Waals surface area contributed by atoms with E-state index in [2.05, 4.69) is 37.5 Å². The Labute approximate surface area is 115 Å². The number of nitrogens with two attached hydrogens (primary N) is 1. The topological polar surface area (TPSA) is 43.8 Å². The second-order valence-corrected chi connectivity index (χ2v) is 5.01. The van der Waals surface area contributed by atoms with E-state index in [4.69, 9.17) is 10.7 Å². The van der Waals surface area contributed by atoms with E-state index in [0.717, 1.165) is 42.3 Å². The molecule has 0 aliphatic carbocycles. The molecule has 3 heteroatoms. The van der Waals surface area contributed by atoms with Crippen molar-refractivity contribution in [2.75, 3.05) is 5.73 Å². The minimum atomic E-state index is 0.417. The summed E-state index contributed by atoms with van der Waals surface area (Å²) in [5, 5.41) is 0. The lowest BCUT2D eigenvalue weighted by atomic mass is 10.0. The standard InChI is InChI=1S/C16H23N3/c1-4-9-12(3)14-15(17)19(5-2)16(18-14)13-10-7-6-8-11-13/h6-8,10-12H,4-5,9,17H2,1-3H3. The fourth-order valence-electron chi connectivity index (χ4n) is 2.54. The second kappa shape index (κ2) is 5.91. The molecular formula is C16H23N3. The summed E-state index contributed by atoms with van der Waals surface area (Å²) < 4.78 is 2.11. The van der Waals surface area contributed by atoms with E-state index in [9.17, 15) is 0 Å². The van der Waals surface area contributed by atoms with Crippen LogP contribution in [0.5, 0.6) is 0 Å². The van der Waals surface area contributed by atoms with Gasteiger partial charge in [-0.05, 0) is 13.3 Å². The Morgan fingerprint density at radius 3 is 2.47 bits per heavy atom. The van der Waals surface area contributed by atoms with E-state index >= 15 is 0 Å². The summed E-state index contributed by atoms with van der Waals surface area (Å²) in [6.45, 7) is 7.36. The number of nitrogen functional groups attached to an aromatic ring is 1. The SMILES string of the molecule is CCCC(C)c1nc(-c2ccccc2)n(CC)c1N. The van der Waals surface area contributed by atoms with Crippen LogP contribution in [0.1, 0.15) is 45.2 Å². The van der Waals surface area contributed by atoms with Crippen LogP contribution in [0.3, 0.4) is 0 Å². The predicted molar refractivity (Wildman–Crippen MR) is 81.1 cm³/mol. The maximum absolute atomic E-state index is 6.28. The van der Waals surface area contributed by atoms with Gasteiger partial charge in [-0.15, -0.1) is 0 Å². The van der Waals surface area contributed by atoms with E-state index in [1.807, 2.05) is 18.2 Å². The average Bonchev–Trinajstić information content (AvgIpc) is 2.77. The molecule has 3 nitrogen and oxygen atoms in total. The summed E-state index contributed by atoms with van der Waals surface area (Å²) in [7, 11) is 0. The number of hydrogen-bond acceptors (Lipinski definition) is 2. The molecule has 2 rings (SSSR count). The Kier molecular flexibility index (Phi) is 4.25. The monoisotopic (exact) mass is 257 g/mol. The zero-order chi connectivity index (χ0) is 13.8. The van der Waals surface area contributed by atoms with Gasteiger partial charge in [0, 0.05) is 18.0 Å². The van der Waals surface area contributed by atoms with Crippen molar-refractivity contribution in [1.29, 1.82) is 0 Å². The van der Waals surface area contributed by atoms with Crippen molar-refractivity contribution < 1.29 is 0 Å². The van der Waals surface area contributed by atoms with Crippen molar-refractivity contribution in [3.8, 4) is 11.4 Å². The lowest BCUT2D eigenvalue weighted by Crippen LogP contribution is -2.04. The molecule has 2 aromatic rings. The lowest BCUT2D eigenvalue weighted by molar-refractivity contribution is 0.651. The van der Waals surface area contributed by atoms with Gasteiger partial charge in [0.1, 0.15) is 11.6 Å². The molecule has 19 heavy (non-hydrogen) atoms. The summed E-state index contributed by atoms with van der Waals surface area (Å²) >= 11 is 0. The largest absolute Gasteiger partial charge is 0.384 e. The van der Waals surface area contributed by atoms with E-state index in [0.29, 0.717) is 5.92 Å². The van der Waals surface area contributed by atoms with Gasteiger partial charge in [0.15, 0.2) is 0 Å². The summed E-state index contributed by atoms with van der Waals surface area (Å²) in [5.74, 6) is 2.22. The molecule has 0 spiro atoms. The third-order valence-corrected chi connectivity index (χ3v) is 3.57. The molecule has 1 atom stereocenters. The minimum Gasteiger partial charge on any atom is -0.384 e. The maximum atomic E-state index is 6.28. The molecule has 0 radical (unpaired) electrons. The summed E-state index contributed by atoms with van der Waals surface area (Å²) in [4.78, 5) is 4.81. The summed E-state index contributed by atoms with van der Waals surface area (Å²) in [6, 6.07) is 10.3. The van der Waals surface area contributed by atoms with E-state index in [1.165, 1.54) is 0 Å². The zero-order valence-electron chi connectivity index (χ0n) is 12.1. The second-order valence-electron chi connectivity index (χ2n) is 5.01. The third-order valence-electron chi connectivity index (χ3n) is 3.57. The molecule has 0 fully saturated rings. The highest BCUT2D eigenvalue weighted by Gasteiger charge is 2.18. The molecule has 0 bridgehead atoms. The van der Waals surface area contributed by atoms with Gasteiger partial charge in [-0.1, -0.05) is 50.6 Å². The van der Waals surface area contributed by atoms with Gasteiger partial charge < -0.3 is 10.3 Å². The molecule has 1 aromatic heterocycles. The third kappa shape index (κ3) is 2.65. The summed E-state index contributed by atoms with van der Waals surface area (Å²) in [6.07, 6.45) is 2.28. The number of aromatic nitrogens is 2. The Hall–Kier alpha value is -1.77. The Morgan fingerprint density at radius 2 is 1.89 bits per heavy atom. The van der Waals surface area contributed by atoms with Gasteiger partial charge in [-0.25, -0.2) is 4.98 Å². The van der Waals surface area contributed by atoms with Crippen LogP contribution < -0.4 is 5.73 Å². The smallest absolute Gasteiger partial charge is 0.141 e. The number of rotatable bonds is 5. The fourth-order valence-corrected chi connectivity index (χ4v) is 2.54. The van der Waals surface area contributed by atoms with Gasteiger partial charge in [-0.3, -0.25) is 0 Å². The first-order valence-electron chi connectivity index (χ1n) is 7.10. The van der Waals surface area contributed by atoms with Crippen molar-refractivity contribution in [3.63, 3.8) is 0 Å². The highest BCUT2D eigenvalue weighted by Crippen LogP contribution is 2.30. The molecule has 1 aromatic carbocycles. The van der Waals surface area contributed by atoms with Crippen LogP contribution >= 0.6 is 0 Å². The number of benzene rings is 1. The van der Waals surface area contributed by atoms with Crippen molar-refractivity contribution in [2.24, 2.45) is 0 Å². The molecule has 0 amide bonds. The predicted octanol–water partition coefficient (Wildman–Crippen LogP) is 4.06. The first-order valence-corrected chi connectivity index (χ1v) is 7.10. The van der Waals surface area contributed by atoms with Crippen LogP contribution in [-0.4, -0.2) is 9.55 Å². The van der Waals surface area contributed by atoms with Crippen LogP contribution in [0.25, 0.3) is 11.4 Å². The van der Waals surface area contributed by atoms with Crippen molar-refractivity contribution in [3.05, 3.63) is 36.0 Å². The molecule has 0 aliphatic heterocycles. The minimum absolute atomic E-state index is 0.417. The fraction of sp³-hybridized carbons (Fsp3) is 0.438. The van der Waals surface area contributed by atoms with Crippen LogP contribution in [0, 0.1) is 0 Å². The molecule has 2 N–H and O–H groups in total. The Morgan fingerprint density at radius 1 is 1.21 bits per heavy atom. The molecule has 0 aliphatic rings. The van der Waals surface area contributed by atoms with E-state index in [1.54, 1.807) is 0 Å². The number of anilines is 1. The zero-order valence-corrected chi connectivity index (χ0v) is 12.1. The number of hydrogen-bond donors (Lipinski definition) is 1. The van der Waals surface area contributed by atoms with E-state index < -0.39 is 0 Å². The van der Waals surface area contributed by atoms with Gasteiger partial charge >= 0.3 is 0 Å². The number of nitrogens with zero attached hydrogens (tertiary/aromatic N) is 2. The van der Waals surface area contributed by atoms with Gasteiger partial charge in [-0.2, -0.15) is 0 Å². The quantitative estimate of drug-likeness (QED) is 0.878. The average molecular weight is 257 g/mol. The van der Waals surface area contributed by atoms with Gasteiger partial charge in [0.2, 0.25) is 0 Å². The highest BCUT2D eigenvalue weighted by atomic mass is 15.1.